The van der Waals surface area contributed by atoms with Crippen molar-refractivity contribution in [2.45, 2.75) is 19.8 Å². The zero-order chi connectivity index (χ0) is 8.41. The minimum atomic E-state index is 0.344. The van der Waals surface area contributed by atoms with Gasteiger partial charge in [-0.05, 0) is 6.42 Å². The summed E-state index contributed by atoms with van der Waals surface area (Å²) in [7, 11) is 3.38. The number of hydrogen-bond acceptors (Lipinski definition) is 2. The highest BCUT2D eigenvalue weighted by Crippen LogP contribution is 1.78. The van der Waals surface area contributed by atoms with E-state index < -0.39 is 0 Å². The highest BCUT2D eigenvalue weighted by molar-refractivity contribution is 5.45. The van der Waals surface area contributed by atoms with E-state index in [0.717, 1.165) is 19.3 Å². The lowest BCUT2D eigenvalue weighted by molar-refractivity contribution is -0.115. The van der Waals surface area contributed by atoms with Crippen molar-refractivity contribution in [2.75, 3.05) is 20.7 Å². The first-order valence-electron chi connectivity index (χ1n) is 3.41. The van der Waals surface area contributed by atoms with Crippen molar-refractivity contribution in [3.63, 3.8) is 0 Å². The van der Waals surface area contributed by atoms with E-state index in [-0.39, 0.29) is 0 Å². The molecule has 0 unspecified atom stereocenters. The first kappa shape index (κ1) is 12.1. The second-order valence-electron chi connectivity index (χ2n) is 2.15. The molecule has 1 amide bonds. The first-order valence-corrected chi connectivity index (χ1v) is 3.41. The summed E-state index contributed by atoms with van der Waals surface area (Å²) in [5.74, 6) is 0. The molecule has 0 heterocycles. The van der Waals surface area contributed by atoms with E-state index in [0.29, 0.717) is 6.61 Å². The summed E-state index contributed by atoms with van der Waals surface area (Å²) in [6.07, 6.45) is 2.79. The fourth-order valence-corrected chi connectivity index (χ4v) is 0.158. The molecule has 0 aliphatic rings. The van der Waals surface area contributed by atoms with Crippen LogP contribution in [0.4, 0.5) is 0 Å². The summed E-state index contributed by atoms with van der Waals surface area (Å²) in [5.41, 5.74) is 0. The zero-order valence-electron chi connectivity index (χ0n) is 7.00. The maximum atomic E-state index is 9.43. The van der Waals surface area contributed by atoms with Gasteiger partial charge in [0.15, 0.2) is 0 Å². The van der Waals surface area contributed by atoms with Crippen molar-refractivity contribution in [3.8, 4) is 0 Å². The number of hydrogen-bond donors (Lipinski definition) is 1. The molecule has 0 bridgehead atoms. The average molecular weight is 147 g/mol. The van der Waals surface area contributed by atoms with Gasteiger partial charge in [-0.15, -0.1) is 0 Å². The van der Waals surface area contributed by atoms with Crippen LogP contribution in [-0.2, 0) is 4.79 Å². The Morgan fingerprint density at radius 3 is 1.90 bits per heavy atom. The fraction of sp³-hybridized carbons (Fsp3) is 0.857. The Balaban J connectivity index is 0. The molecule has 0 fully saturated rings. The van der Waals surface area contributed by atoms with E-state index in [2.05, 4.69) is 6.92 Å². The third-order valence-corrected chi connectivity index (χ3v) is 0.722. The lowest BCUT2D eigenvalue weighted by Gasteiger charge is -1.93. The summed E-state index contributed by atoms with van der Waals surface area (Å²) in [6, 6.07) is 0. The summed E-state index contributed by atoms with van der Waals surface area (Å²) >= 11 is 0. The van der Waals surface area contributed by atoms with Crippen molar-refractivity contribution < 1.29 is 9.90 Å². The van der Waals surface area contributed by atoms with Crippen LogP contribution < -0.4 is 0 Å². The molecule has 10 heavy (non-hydrogen) atoms. The molecule has 0 saturated heterocycles. The molecule has 0 atom stereocenters. The summed E-state index contributed by atoms with van der Waals surface area (Å²) in [5, 5.41) is 8.07. The normalized spacial score (nSPS) is 7.60. The highest BCUT2D eigenvalue weighted by atomic mass is 16.2. The van der Waals surface area contributed by atoms with Gasteiger partial charge >= 0.3 is 0 Å². The predicted octanol–water partition coefficient (Wildman–Crippen LogP) is 0.483. The van der Waals surface area contributed by atoms with Crippen LogP contribution in [0.25, 0.3) is 0 Å². The van der Waals surface area contributed by atoms with Crippen molar-refractivity contribution in [2.24, 2.45) is 0 Å². The standard InChI is InChI=1S/C4H10O.C3H7NO/c1-2-3-4-5;1-4(2)3-5/h5H,2-4H2,1H3;3H,1-2H3. The van der Waals surface area contributed by atoms with Crippen molar-refractivity contribution in [1.29, 1.82) is 0 Å². The molecule has 1 N–H and O–H groups in total. The quantitative estimate of drug-likeness (QED) is 0.590. The van der Waals surface area contributed by atoms with Gasteiger partial charge in [-0.25, -0.2) is 0 Å². The molecule has 3 heteroatoms. The van der Waals surface area contributed by atoms with E-state index in [9.17, 15) is 4.79 Å². The van der Waals surface area contributed by atoms with Gasteiger partial charge in [0, 0.05) is 20.7 Å². The second kappa shape index (κ2) is 11.3. The summed E-state index contributed by atoms with van der Waals surface area (Å²) in [6.45, 7) is 2.40. The van der Waals surface area contributed by atoms with Gasteiger partial charge in [0.2, 0.25) is 6.41 Å². The van der Waals surface area contributed by atoms with E-state index in [1.807, 2.05) is 0 Å². The molecule has 0 aromatic rings. The number of aliphatic hydroxyl groups is 1. The largest absolute Gasteiger partial charge is 0.396 e. The average Bonchev–Trinajstić information content (AvgIpc) is 1.91. The summed E-state index contributed by atoms with van der Waals surface area (Å²) < 4.78 is 0. The zero-order valence-corrected chi connectivity index (χ0v) is 7.00. The van der Waals surface area contributed by atoms with Crippen molar-refractivity contribution >= 4 is 6.41 Å². The number of carbonyl (C=O) groups excluding carboxylic acids is 1. The molecule has 62 valence electrons. The van der Waals surface area contributed by atoms with Crippen molar-refractivity contribution in [1.82, 2.24) is 4.90 Å². The van der Waals surface area contributed by atoms with Crippen LogP contribution in [-0.4, -0.2) is 37.1 Å². The molecule has 0 rings (SSSR count). The minimum absolute atomic E-state index is 0.344. The van der Waals surface area contributed by atoms with Crippen LogP contribution in [0.5, 0.6) is 0 Å². The Bertz CT molecular complexity index is 62.6. The van der Waals surface area contributed by atoms with Gasteiger partial charge in [0.05, 0.1) is 0 Å². The van der Waals surface area contributed by atoms with E-state index in [4.69, 9.17) is 5.11 Å². The first-order chi connectivity index (χ1) is 4.68. The van der Waals surface area contributed by atoms with Gasteiger partial charge in [-0.1, -0.05) is 13.3 Å². The van der Waals surface area contributed by atoms with E-state index >= 15 is 0 Å². The number of rotatable bonds is 3. The highest BCUT2D eigenvalue weighted by Gasteiger charge is 1.69. The summed E-state index contributed by atoms with van der Waals surface area (Å²) in [4.78, 5) is 10.9. The van der Waals surface area contributed by atoms with Crippen LogP contribution >= 0.6 is 0 Å². The molecule has 0 spiro atoms. The smallest absolute Gasteiger partial charge is 0.209 e. The number of amides is 1. The monoisotopic (exact) mass is 147 g/mol. The number of unbranched alkanes of at least 4 members (excludes halogenated alkanes) is 1. The Hall–Kier alpha value is -0.570. The number of aliphatic hydroxyl groups excluding tert-OH is 1. The Morgan fingerprint density at radius 2 is 1.90 bits per heavy atom. The molecule has 0 saturated carbocycles. The van der Waals surface area contributed by atoms with Gasteiger partial charge in [0.25, 0.3) is 0 Å². The molecule has 0 aromatic heterocycles. The molecule has 0 aliphatic heterocycles. The molecule has 0 radical (unpaired) electrons. The maximum absolute atomic E-state index is 9.43. The van der Waals surface area contributed by atoms with Gasteiger partial charge in [-0.2, -0.15) is 0 Å². The van der Waals surface area contributed by atoms with Gasteiger partial charge < -0.3 is 10.0 Å². The van der Waals surface area contributed by atoms with Gasteiger partial charge in [-0.3, -0.25) is 4.79 Å². The molecular weight excluding hydrogens is 130 g/mol. The number of nitrogens with zero attached hydrogens (tertiary/aromatic N) is 1. The lowest BCUT2D eigenvalue weighted by Crippen LogP contribution is -2.06. The van der Waals surface area contributed by atoms with E-state index in [1.54, 1.807) is 14.1 Å². The fourth-order valence-electron chi connectivity index (χ4n) is 0.158. The lowest BCUT2D eigenvalue weighted by atomic mass is 10.4. The van der Waals surface area contributed by atoms with Gasteiger partial charge in [0.1, 0.15) is 0 Å². The van der Waals surface area contributed by atoms with Crippen LogP contribution in [0.1, 0.15) is 19.8 Å². The number of carbonyl (C=O) groups is 1. The third-order valence-electron chi connectivity index (χ3n) is 0.722. The topological polar surface area (TPSA) is 40.5 Å². The van der Waals surface area contributed by atoms with Crippen LogP contribution in [0.3, 0.4) is 0 Å². The maximum Gasteiger partial charge on any atom is 0.209 e. The molecular formula is C7H17NO2. The van der Waals surface area contributed by atoms with Crippen LogP contribution in [0.2, 0.25) is 0 Å². The van der Waals surface area contributed by atoms with E-state index in [1.165, 1.54) is 4.90 Å². The molecule has 0 aromatic carbocycles. The Morgan fingerprint density at radius 1 is 1.50 bits per heavy atom. The third kappa shape index (κ3) is 26.1. The van der Waals surface area contributed by atoms with Crippen LogP contribution in [0.15, 0.2) is 0 Å². The molecule has 0 aliphatic carbocycles. The SMILES string of the molecule is CCCCO.CN(C)C=O. The van der Waals surface area contributed by atoms with Crippen LogP contribution in [0, 0.1) is 0 Å². The minimum Gasteiger partial charge on any atom is -0.396 e. The Labute approximate surface area is 62.7 Å². The van der Waals surface area contributed by atoms with Crippen molar-refractivity contribution in [3.05, 3.63) is 0 Å². The second-order valence-corrected chi connectivity index (χ2v) is 2.15. The predicted molar refractivity (Wildman–Crippen MR) is 41.7 cm³/mol. The Kier molecular flexibility index (Phi) is 13.7. The molecule has 3 nitrogen and oxygen atoms in total.